The molecule has 2 rings (SSSR count). The van der Waals surface area contributed by atoms with Crippen LogP contribution in [0.4, 0.5) is 5.69 Å². The van der Waals surface area contributed by atoms with Crippen molar-refractivity contribution in [1.29, 1.82) is 5.26 Å². The Balaban J connectivity index is 2.06. The van der Waals surface area contributed by atoms with Gasteiger partial charge in [-0.05, 0) is 31.9 Å². The first-order chi connectivity index (χ1) is 8.61. The Kier molecular flexibility index (Phi) is 3.73. The fourth-order valence-electron chi connectivity index (χ4n) is 1.61. The molecular weight excluding hydrogens is 250 g/mol. The van der Waals surface area contributed by atoms with Crippen molar-refractivity contribution in [2.75, 3.05) is 5.32 Å². The molecule has 2 N–H and O–H groups in total. The van der Waals surface area contributed by atoms with Crippen molar-refractivity contribution < 1.29 is 4.79 Å². The summed E-state index contributed by atoms with van der Waals surface area (Å²) in [6.45, 7) is 1.76. The predicted molar refractivity (Wildman–Crippen MR) is 70.4 cm³/mol. The van der Waals surface area contributed by atoms with E-state index in [1.54, 1.807) is 25.1 Å². The normalized spacial score (nSPS) is 15.6. The van der Waals surface area contributed by atoms with Gasteiger partial charge in [0, 0.05) is 6.04 Å². The summed E-state index contributed by atoms with van der Waals surface area (Å²) < 4.78 is 0. The lowest BCUT2D eigenvalue weighted by molar-refractivity contribution is -0.121. The van der Waals surface area contributed by atoms with Crippen LogP contribution in [0.15, 0.2) is 18.2 Å². The quantitative estimate of drug-likeness (QED) is 0.876. The Hall–Kier alpha value is -1.73. The smallest absolute Gasteiger partial charge is 0.242 e. The summed E-state index contributed by atoms with van der Waals surface area (Å²) in [5, 5.41) is 15.3. The lowest BCUT2D eigenvalue weighted by atomic mass is 10.1. The van der Waals surface area contributed by atoms with Crippen LogP contribution in [0, 0.1) is 11.3 Å². The molecule has 0 heterocycles. The number of carbonyl (C=O) groups is 1. The lowest BCUT2D eigenvalue weighted by Crippen LogP contribution is -2.38. The third kappa shape index (κ3) is 2.93. The van der Waals surface area contributed by atoms with E-state index in [-0.39, 0.29) is 5.91 Å². The summed E-state index contributed by atoms with van der Waals surface area (Å²) in [4.78, 5) is 11.8. The zero-order chi connectivity index (χ0) is 13.1. The molecule has 0 aromatic heterocycles. The maximum absolute atomic E-state index is 11.8. The SMILES string of the molecule is CC(Nc1cccc(Cl)c1C#N)C(=O)NC1CC1. The maximum atomic E-state index is 11.8. The minimum Gasteiger partial charge on any atom is -0.373 e. The van der Waals surface area contributed by atoms with Crippen LogP contribution in [0.5, 0.6) is 0 Å². The van der Waals surface area contributed by atoms with Crippen LogP contribution in [-0.2, 0) is 4.79 Å². The molecule has 0 aliphatic heterocycles. The molecule has 5 heteroatoms. The number of anilines is 1. The highest BCUT2D eigenvalue weighted by atomic mass is 35.5. The fourth-order valence-corrected chi connectivity index (χ4v) is 1.83. The molecule has 1 saturated carbocycles. The maximum Gasteiger partial charge on any atom is 0.242 e. The second-order valence-electron chi connectivity index (χ2n) is 4.42. The Bertz CT molecular complexity index is 505. The van der Waals surface area contributed by atoms with Crippen LogP contribution in [0.25, 0.3) is 0 Å². The van der Waals surface area contributed by atoms with E-state index >= 15 is 0 Å². The first-order valence-electron chi connectivity index (χ1n) is 5.87. The molecule has 0 radical (unpaired) electrons. The van der Waals surface area contributed by atoms with Gasteiger partial charge < -0.3 is 10.6 Å². The van der Waals surface area contributed by atoms with Crippen molar-refractivity contribution in [1.82, 2.24) is 5.32 Å². The van der Waals surface area contributed by atoms with Gasteiger partial charge in [0.25, 0.3) is 0 Å². The van der Waals surface area contributed by atoms with Crippen LogP contribution < -0.4 is 10.6 Å². The molecule has 0 spiro atoms. The molecule has 1 aromatic rings. The Morgan fingerprint density at radius 3 is 2.89 bits per heavy atom. The van der Waals surface area contributed by atoms with Gasteiger partial charge in [0.05, 0.1) is 16.3 Å². The topological polar surface area (TPSA) is 64.9 Å². The summed E-state index contributed by atoms with van der Waals surface area (Å²) in [7, 11) is 0. The average Bonchev–Trinajstić information content (AvgIpc) is 3.13. The number of benzene rings is 1. The Labute approximate surface area is 111 Å². The van der Waals surface area contributed by atoms with Crippen molar-refractivity contribution in [3.63, 3.8) is 0 Å². The fraction of sp³-hybridized carbons (Fsp3) is 0.385. The molecular formula is C13H14ClN3O. The number of carbonyl (C=O) groups excluding carboxylic acids is 1. The number of hydrogen-bond acceptors (Lipinski definition) is 3. The number of nitrogens with zero attached hydrogens (tertiary/aromatic N) is 1. The number of amides is 1. The van der Waals surface area contributed by atoms with Gasteiger partial charge in [-0.1, -0.05) is 17.7 Å². The van der Waals surface area contributed by atoms with E-state index < -0.39 is 6.04 Å². The number of halogens is 1. The van der Waals surface area contributed by atoms with Crippen molar-refractivity contribution in [2.24, 2.45) is 0 Å². The van der Waals surface area contributed by atoms with Crippen molar-refractivity contribution >= 4 is 23.2 Å². The summed E-state index contributed by atoms with van der Waals surface area (Å²) in [5.74, 6) is -0.0543. The minimum absolute atomic E-state index is 0.0543. The number of hydrogen-bond donors (Lipinski definition) is 2. The number of nitriles is 1. The molecule has 1 atom stereocenters. The lowest BCUT2D eigenvalue weighted by Gasteiger charge is -2.16. The third-order valence-electron chi connectivity index (χ3n) is 2.81. The summed E-state index contributed by atoms with van der Waals surface area (Å²) in [6, 6.07) is 7.11. The van der Waals surface area contributed by atoms with Crippen LogP contribution in [0.2, 0.25) is 5.02 Å². The van der Waals surface area contributed by atoms with Gasteiger partial charge in [-0.15, -0.1) is 0 Å². The molecule has 94 valence electrons. The van der Waals surface area contributed by atoms with Crippen molar-refractivity contribution in [2.45, 2.75) is 31.8 Å². The van der Waals surface area contributed by atoms with Crippen LogP contribution in [0.1, 0.15) is 25.3 Å². The highest BCUT2D eigenvalue weighted by Gasteiger charge is 2.25. The Morgan fingerprint density at radius 1 is 1.56 bits per heavy atom. The average molecular weight is 264 g/mol. The van der Waals surface area contributed by atoms with Crippen molar-refractivity contribution in [3.8, 4) is 6.07 Å². The molecule has 0 bridgehead atoms. The second-order valence-corrected chi connectivity index (χ2v) is 4.83. The molecule has 1 amide bonds. The summed E-state index contributed by atoms with van der Waals surface area (Å²) >= 11 is 5.92. The largest absolute Gasteiger partial charge is 0.373 e. The standard InChI is InChI=1S/C13H14ClN3O/c1-8(13(18)17-9-5-6-9)16-12-4-2-3-11(14)10(12)7-15/h2-4,8-9,16H,5-6H2,1H3,(H,17,18). The molecule has 1 unspecified atom stereocenters. The van der Waals surface area contributed by atoms with E-state index in [1.807, 2.05) is 6.07 Å². The Morgan fingerprint density at radius 2 is 2.28 bits per heavy atom. The first kappa shape index (κ1) is 12.7. The number of nitrogens with one attached hydrogen (secondary N) is 2. The van der Waals surface area contributed by atoms with Gasteiger partial charge in [-0.2, -0.15) is 5.26 Å². The predicted octanol–water partition coefficient (Wildman–Crippen LogP) is 2.29. The molecule has 0 saturated heterocycles. The van der Waals surface area contributed by atoms with Gasteiger partial charge in [0.1, 0.15) is 12.1 Å². The molecule has 1 aromatic carbocycles. The van der Waals surface area contributed by atoms with Gasteiger partial charge in [0.2, 0.25) is 5.91 Å². The highest BCUT2D eigenvalue weighted by Crippen LogP contribution is 2.24. The van der Waals surface area contributed by atoms with E-state index in [9.17, 15) is 4.79 Å². The van der Waals surface area contributed by atoms with Gasteiger partial charge in [0.15, 0.2) is 0 Å². The van der Waals surface area contributed by atoms with Gasteiger partial charge in [-0.25, -0.2) is 0 Å². The summed E-state index contributed by atoms with van der Waals surface area (Å²) in [6.07, 6.45) is 2.11. The summed E-state index contributed by atoms with van der Waals surface area (Å²) in [5.41, 5.74) is 0.952. The molecule has 1 aliphatic carbocycles. The zero-order valence-corrected chi connectivity index (χ0v) is 10.8. The van der Waals surface area contributed by atoms with Crippen LogP contribution >= 0.6 is 11.6 Å². The van der Waals surface area contributed by atoms with Gasteiger partial charge in [-0.3, -0.25) is 4.79 Å². The van der Waals surface area contributed by atoms with E-state index in [2.05, 4.69) is 10.6 Å². The monoisotopic (exact) mass is 263 g/mol. The highest BCUT2D eigenvalue weighted by molar-refractivity contribution is 6.32. The second kappa shape index (κ2) is 5.28. The van der Waals surface area contributed by atoms with E-state index in [0.29, 0.717) is 22.3 Å². The van der Waals surface area contributed by atoms with E-state index in [1.165, 1.54) is 0 Å². The van der Waals surface area contributed by atoms with Crippen molar-refractivity contribution in [3.05, 3.63) is 28.8 Å². The molecule has 4 nitrogen and oxygen atoms in total. The van der Waals surface area contributed by atoms with Gasteiger partial charge >= 0.3 is 0 Å². The number of rotatable bonds is 4. The minimum atomic E-state index is -0.392. The first-order valence-corrected chi connectivity index (χ1v) is 6.25. The zero-order valence-electron chi connectivity index (χ0n) is 10.0. The van der Waals surface area contributed by atoms with Crippen LogP contribution in [-0.4, -0.2) is 18.0 Å². The molecule has 1 fully saturated rings. The molecule has 1 aliphatic rings. The third-order valence-corrected chi connectivity index (χ3v) is 3.13. The van der Waals surface area contributed by atoms with E-state index in [0.717, 1.165) is 12.8 Å². The van der Waals surface area contributed by atoms with Crippen LogP contribution in [0.3, 0.4) is 0 Å². The van der Waals surface area contributed by atoms with E-state index in [4.69, 9.17) is 16.9 Å². The molecule has 18 heavy (non-hydrogen) atoms.